The molecule has 2 aliphatic carbocycles. The molecule has 0 bridgehead atoms. The molecule has 2 fully saturated rings. The fourth-order valence-electron chi connectivity index (χ4n) is 4.30. The Labute approximate surface area is 156 Å². The van der Waals surface area contributed by atoms with Crippen LogP contribution < -0.4 is 5.32 Å². The van der Waals surface area contributed by atoms with E-state index in [9.17, 15) is 13.2 Å². The average Bonchev–Trinajstić information content (AvgIpc) is 2.64. The average molecular weight is 380 g/mol. The van der Waals surface area contributed by atoms with Crippen molar-refractivity contribution in [2.24, 2.45) is 5.41 Å². The van der Waals surface area contributed by atoms with Crippen LogP contribution in [0, 0.1) is 5.41 Å². The molecular formula is C19H29N3O3S. The highest BCUT2D eigenvalue weighted by Crippen LogP contribution is 2.47. The van der Waals surface area contributed by atoms with Crippen LogP contribution in [0.1, 0.15) is 68.1 Å². The molecule has 2 saturated carbocycles. The lowest BCUT2D eigenvalue weighted by Crippen LogP contribution is -2.41. The number of hydrogen-bond acceptors (Lipinski definition) is 4. The van der Waals surface area contributed by atoms with Crippen LogP contribution in [0.5, 0.6) is 0 Å². The largest absolute Gasteiger partial charge is 0.349 e. The first-order valence-electron chi connectivity index (χ1n) is 9.52. The predicted molar refractivity (Wildman–Crippen MR) is 100 cm³/mol. The monoisotopic (exact) mass is 379 g/mol. The van der Waals surface area contributed by atoms with Gasteiger partial charge in [-0.25, -0.2) is 17.7 Å². The number of pyridine rings is 1. The maximum absolute atomic E-state index is 12.5. The fraction of sp³-hybridized carbons (Fsp3) is 0.684. The van der Waals surface area contributed by atoms with E-state index in [2.05, 4.69) is 10.3 Å². The lowest BCUT2D eigenvalue weighted by Gasteiger charge is -2.43. The number of sulfonamides is 1. The van der Waals surface area contributed by atoms with Gasteiger partial charge in [-0.05, 0) is 56.1 Å². The number of aromatic nitrogens is 1. The van der Waals surface area contributed by atoms with Gasteiger partial charge in [-0.1, -0.05) is 19.3 Å². The van der Waals surface area contributed by atoms with Crippen LogP contribution in [0.2, 0.25) is 0 Å². The van der Waals surface area contributed by atoms with Gasteiger partial charge in [0.15, 0.2) is 5.03 Å². The summed E-state index contributed by atoms with van der Waals surface area (Å²) < 4.78 is 25.2. The van der Waals surface area contributed by atoms with E-state index in [0.29, 0.717) is 11.0 Å². The van der Waals surface area contributed by atoms with Gasteiger partial charge >= 0.3 is 0 Å². The van der Waals surface area contributed by atoms with E-state index in [4.69, 9.17) is 0 Å². The van der Waals surface area contributed by atoms with E-state index < -0.39 is 10.0 Å². The van der Waals surface area contributed by atoms with Crippen LogP contribution in [-0.2, 0) is 10.0 Å². The van der Waals surface area contributed by atoms with Crippen molar-refractivity contribution >= 4 is 15.9 Å². The number of nitrogens with one attached hydrogen (secondary N) is 1. The molecule has 0 atom stereocenters. The molecule has 3 rings (SSSR count). The highest BCUT2D eigenvalue weighted by Gasteiger charge is 2.36. The van der Waals surface area contributed by atoms with Crippen molar-refractivity contribution in [3.8, 4) is 0 Å². The summed E-state index contributed by atoms with van der Waals surface area (Å²) in [7, 11) is -0.656. The van der Waals surface area contributed by atoms with Crippen LogP contribution in [0.15, 0.2) is 23.4 Å². The minimum Gasteiger partial charge on any atom is -0.349 e. The van der Waals surface area contributed by atoms with Crippen LogP contribution in [0.3, 0.4) is 0 Å². The smallest absolute Gasteiger partial charge is 0.260 e. The summed E-state index contributed by atoms with van der Waals surface area (Å²) in [6, 6.07) is 3.13. The maximum Gasteiger partial charge on any atom is 0.260 e. The van der Waals surface area contributed by atoms with E-state index >= 15 is 0 Å². The Morgan fingerprint density at radius 1 is 1.12 bits per heavy atom. The number of amides is 1. The van der Waals surface area contributed by atoms with E-state index in [0.717, 1.165) is 17.1 Å². The molecule has 0 aliphatic heterocycles. The quantitative estimate of drug-likeness (QED) is 0.872. The highest BCUT2D eigenvalue weighted by atomic mass is 32.2. The van der Waals surface area contributed by atoms with Gasteiger partial charge in [-0.2, -0.15) is 0 Å². The first-order valence-corrected chi connectivity index (χ1v) is 11.0. The minimum absolute atomic E-state index is 0.0454. The molecule has 1 amide bonds. The van der Waals surface area contributed by atoms with E-state index in [-0.39, 0.29) is 17.0 Å². The van der Waals surface area contributed by atoms with Crippen molar-refractivity contribution in [3.63, 3.8) is 0 Å². The van der Waals surface area contributed by atoms with E-state index in [1.165, 1.54) is 77.4 Å². The van der Waals surface area contributed by atoms with Crippen molar-refractivity contribution in [1.82, 2.24) is 14.6 Å². The number of nitrogens with zero attached hydrogens (tertiary/aromatic N) is 2. The molecule has 0 aromatic carbocycles. The molecule has 26 heavy (non-hydrogen) atoms. The summed E-state index contributed by atoms with van der Waals surface area (Å²) in [5.74, 6) is -0.170. The number of carbonyl (C=O) groups is 1. The third-order valence-electron chi connectivity index (χ3n) is 6.04. The first-order chi connectivity index (χ1) is 12.3. The highest BCUT2D eigenvalue weighted by molar-refractivity contribution is 7.89. The van der Waals surface area contributed by atoms with Crippen molar-refractivity contribution in [2.45, 2.75) is 68.9 Å². The standard InChI is InChI=1S/C19H29N3O3S/c1-22(2)26(24,25)17-7-6-15(14-20-17)18(23)21-16-8-12-19(13-9-16)10-4-3-5-11-19/h6-7,14,16H,3-5,8-13H2,1-2H3,(H,21,23). The van der Waals surface area contributed by atoms with Crippen molar-refractivity contribution < 1.29 is 13.2 Å². The summed E-state index contributed by atoms with van der Waals surface area (Å²) in [5, 5.41) is 3.05. The van der Waals surface area contributed by atoms with Crippen molar-refractivity contribution in [3.05, 3.63) is 23.9 Å². The second-order valence-corrected chi connectivity index (χ2v) is 10.1. The molecule has 6 nitrogen and oxygen atoms in total. The van der Waals surface area contributed by atoms with Gasteiger partial charge in [0.2, 0.25) is 0 Å². The normalized spacial score (nSPS) is 21.0. The molecule has 0 unspecified atom stereocenters. The van der Waals surface area contributed by atoms with Gasteiger partial charge in [-0.3, -0.25) is 4.79 Å². The zero-order valence-corrected chi connectivity index (χ0v) is 16.5. The molecule has 1 N–H and O–H groups in total. The predicted octanol–water partition coefficient (Wildman–Crippen LogP) is 2.95. The third-order valence-corrected chi connectivity index (χ3v) is 7.77. The molecule has 0 radical (unpaired) electrons. The summed E-state index contributed by atoms with van der Waals surface area (Å²) in [4.78, 5) is 16.4. The molecule has 1 aromatic rings. The van der Waals surface area contributed by atoms with Crippen LogP contribution >= 0.6 is 0 Å². The second-order valence-electron chi connectivity index (χ2n) is 7.98. The molecule has 0 saturated heterocycles. The topological polar surface area (TPSA) is 79.4 Å². The lowest BCUT2D eigenvalue weighted by molar-refractivity contribution is 0.0835. The fourth-order valence-corrected chi connectivity index (χ4v) is 5.10. The summed E-state index contributed by atoms with van der Waals surface area (Å²) >= 11 is 0. The van der Waals surface area contributed by atoms with Gasteiger partial charge in [0.25, 0.3) is 15.9 Å². The van der Waals surface area contributed by atoms with Crippen molar-refractivity contribution in [1.29, 1.82) is 0 Å². The Kier molecular flexibility index (Phi) is 5.67. The molecule has 7 heteroatoms. The number of rotatable bonds is 4. The summed E-state index contributed by atoms with van der Waals surface area (Å²) in [6.45, 7) is 0. The molecular weight excluding hydrogens is 350 g/mol. The van der Waals surface area contributed by atoms with Crippen LogP contribution in [-0.4, -0.2) is 43.8 Å². The van der Waals surface area contributed by atoms with Crippen LogP contribution in [0.4, 0.5) is 0 Å². The molecule has 144 valence electrons. The maximum atomic E-state index is 12.5. The Bertz CT molecular complexity index is 728. The van der Waals surface area contributed by atoms with Gasteiger partial charge < -0.3 is 5.32 Å². The van der Waals surface area contributed by atoms with E-state index in [1.54, 1.807) is 0 Å². The Morgan fingerprint density at radius 3 is 2.31 bits per heavy atom. The number of hydrogen-bond donors (Lipinski definition) is 1. The van der Waals surface area contributed by atoms with Crippen molar-refractivity contribution in [2.75, 3.05) is 14.1 Å². The Morgan fingerprint density at radius 2 is 1.77 bits per heavy atom. The first kappa shape index (κ1) is 19.3. The number of carbonyl (C=O) groups excluding carboxylic acids is 1. The van der Waals surface area contributed by atoms with Gasteiger partial charge in [0.05, 0.1) is 5.56 Å². The molecule has 1 spiro atoms. The summed E-state index contributed by atoms with van der Waals surface area (Å²) in [6.07, 6.45) is 12.6. The van der Waals surface area contributed by atoms with Gasteiger partial charge in [0, 0.05) is 26.3 Å². The van der Waals surface area contributed by atoms with Gasteiger partial charge in [0.1, 0.15) is 0 Å². The molecule has 1 heterocycles. The SMILES string of the molecule is CN(C)S(=O)(=O)c1ccc(C(=O)NC2CCC3(CCCCC3)CC2)cn1. The van der Waals surface area contributed by atoms with Crippen LogP contribution in [0.25, 0.3) is 0 Å². The molecule has 1 aromatic heterocycles. The Balaban J connectivity index is 1.57. The molecule has 2 aliphatic rings. The third kappa shape index (κ3) is 4.09. The second kappa shape index (κ2) is 7.64. The lowest BCUT2D eigenvalue weighted by atomic mass is 9.64. The summed E-state index contributed by atoms with van der Waals surface area (Å²) in [5.41, 5.74) is 0.934. The van der Waals surface area contributed by atoms with Gasteiger partial charge in [-0.15, -0.1) is 0 Å². The van der Waals surface area contributed by atoms with E-state index in [1.807, 2.05) is 0 Å². The zero-order valence-electron chi connectivity index (χ0n) is 15.7. The Hall–Kier alpha value is -1.47. The zero-order chi connectivity index (χ0) is 18.8. The minimum atomic E-state index is -3.57.